The van der Waals surface area contributed by atoms with Crippen LogP contribution in [0.2, 0.25) is 0 Å². The van der Waals surface area contributed by atoms with Gasteiger partial charge in [-0.25, -0.2) is 0 Å². The van der Waals surface area contributed by atoms with E-state index < -0.39 is 0 Å². The van der Waals surface area contributed by atoms with Gasteiger partial charge < -0.3 is 9.47 Å². The first-order chi connectivity index (χ1) is 8.34. The van der Waals surface area contributed by atoms with Gasteiger partial charge in [0.2, 0.25) is 0 Å². The van der Waals surface area contributed by atoms with Crippen LogP contribution in [0, 0.1) is 0 Å². The van der Waals surface area contributed by atoms with Crippen molar-refractivity contribution in [3.05, 3.63) is 42.0 Å². The van der Waals surface area contributed by atoms with Gasteiger partial charge in [-0.1, -0.05) is 30.3 Å². The first-order valence-electron chi connectivity index (χ1n) is 5.67. The van der Waals surface area contributed by atoms with Gasteiger partial charge in [0.25, 0.3) is 5.91 Å². The Hall–Kier alpha value is -1.81. The fraction of sp³-hybridized carbons (Fsp3) is 0.308. The molecule has 17 heavy (non-hydrogen) atoms. The van der Waals surface area contributed by atoms with E-state index in [0.717, 1.165) is 5.56 Å². The Morgan fingerprint density at radius 3 is 2.88 bits per heavy atom. The minimum atomic E-state index is -0.281. The van der Waals surface area contributed by atoms with Crippen molar-refractivity contribution < 1.29 is 14.3 Å². The van der Waals surface area contributed by atoms with Crippen LogP contribution in [0.15, 0.2) is 36.4 Å². The topological polar surface area (TPSA) is 38.8 Å². The summed E-state index contributed by atoms with van der Waals surface area (Å²) < 4.78 is 11.1. The van der Waals surface area contributed by atoms with Crippen LogP contribution in [-0.2, 0) is 14.3 Å². The maximum absolute atomic E-state index is 11.9. The highest BCUT2D eigenvalue weighted by Gasteiger charge is 2.32. The van der Waals surface area contributed by atoms with Crippen LogP contribution in [0.5, 0.6) is 0 Å². The van der Waals surface area contributed by atoms with E-state index in [1.165, 1.54) is 0 Å². The molecule has 4 heteroatoms. The summed E-state index contributed by atoms with van der Waals surface area (Å²) in [5, 5.41) is 0. The Morgan fingerprint density at radius 1 is 1.24 bits per heavy atom. The summed E-state index contributed by atoms with van der Waals surface area (Å²) in [5.74, 6) is 0.630. The number of amides is 1. The Balaban J connectivity index is 1.90. The number of morpholine rings is 1. The number of carbonyl (C=O) groups excluding carboxylic acids is 1. The summed E-state index contributed by atoms with van der Waals surface area (Å²) in [7, 11) is 0. The SMILES string of the molecule is O=C1C=C(c2ccccc2)OC2COCCN12. The summed E-state index contributed by atoms with van der Waals surface area (Å²) in [5.41, 5.74) is 0.922. The Morgan fingerprint density at radius 2 is 2.06 bits per heavy atom. The number of benzene rings is 1. The summed E-state index contributed by atoms with van der Waals surface area (Å²) in [6, 6.07) is 9.64. The molecular weight excluding hydrogens is 218 g/mol. The molecule has 2 aliphatic rings. The first kappa shape index (κ1) is 10.4. The van der Waals surface area contributed by atoms with Crippen molar-refractivity contribution in [3.8, 4) is 0 Å². The Kier molecular flexibility index (Phi) is 2.57. The minimum absolute atomic E-state index is 0.00315. The van der Waals surface area contributed by atoms with E-state index in [2.05, 4.69) is 0 Å². The van der Waals surface area contributed by atoms with Crippen molar-refractivity contribution >= 4 is 11.7 Å². The molecule has 0 spiro atoms. The third-order valence-electron chi connectivity index (χ3n) is 2.94. The third-order valence-corrected chi connectivity index (χ3v) is 2.94. The highest BCUT2D eigenvalue weighted by atomic mass is 16.6. The summed E-state index contributed by atoms with van der Waals surface area (Å²) >= 11 is 0. The van der Waals surface area contributed by atoms with Crippen LogP contribution in [-0.4, -0.2) is 36.8 Å². The second kappa shape index (κ2) is 4.22. The largest absolute Gasteiger partial charge is 0.467 e. The van der Waals surface area contributed by atoms with Crippen LogP contribution >= 0.6 is 0 Å². The molecule has 4 nitrogen and oxygen atoms in total. The lowest BCUT2D eigenvalue weighted by atomic mass is 10.1. The van der Waals surface area contributed by atoms with Gasteiger partial charge in [-0.05, 0) is 0 Å². The number of hydrogen-bond acceptors (Lipinski definition) is 3. The van der Waals surface area contributed by atoms with Gasteiger partial charge in [-0.3, -0.25) is 9.69 Å². The normalized spacial score (nSPS) is 23.8. The average molecular weight is 231 g/mol. The number of rotatable bonds is 1. The zero-order chi connectivity index (χ0) is 11.7. The molecular formula is C13H13NO3. The molecule has 1 unspecified atom stereocenters. The van der Waals surface area contributed by atoms with Crippen LogP contribution < -0.4 is 0 Å². The number of nitrogens with zero attached hydrogens (tertiary/aromatic N) is 1. The van der Waals surface area contributed by atoms with E-state index in [1.54, 1.807) is 11.0 Å². The zero-order valence-electron chi connectivity index (χ0n) is 9.33. The van der Waals surface area contributed by atoms with Crippen molar-refractivity contribution in [2.75, 3.05) is 19.8 Å². The Bertz CT molecular complexity index is 455. The molecule has 1 amide bonds. The molecule has 0 N–H and O–H groups in total. The van der Waals surface area contributed by atoms with E-state index in [-0.39, 0.29) is 12.1 Å². The highest BCUT2D eigenvalue weighted by Crippen LogP contribution is 2.25. The van der Waals surface area contributed by atoms with E-state index >= 15 is 0 Å². The molecule has 2 heterocycles. The van der Waals surface area contributed by atoms with Crippen molar-refractivity contribution in [1.29, 1.82) is 0 Å². The van der Waals surface area contributed by atoms with E-state index in [0.29, 0.717) is 25.5 Å². The second-order valence-corrected chi connectivity index (χ2v) is 4.05. The third kappa shape index (κ3) is 1.91. The molecule has 0 bridgehead atoms. The molecule has 0 radical (unpaired) electrons. The molecule has 0 saturated carbocycles. The number of fused-ring (bicyclic) bond motifs is 1. The van der Waals surface area contributed by atoms with E-state index in [4.69, 9.17) is 9.47 Å². The van der Waals surface area contributed by atoms with Gasteiger partial charge in [0.1, 0.15) is 12.4 Å². The highest BCUT2D eigenvalue weighted by molar-refractivity contribution is 5.95. The average Bonchev–Trinajstić information content (AvgIpc) is 2.40. The van der Waals surface area contributed by atoms with Gasteiger partial charge in [-0.2, -0.15) is 0 Å². The second-order valence-electron chi connectivity index (χ2n) is 4.05. The summed E-state index contributed by atoms with van der Waals surface area (Å²) in [6.07, 6.45) is 1.27. The smallest absolute Gasteiger partial charge is 0.253 e. The number of carbonyl (C=O) groups is 1. The molecule has 0 aliphatic carbocycles. The van der Waals surface area contributed by atoms with E-state index in [9.17, 15) is 4.79 Å². The monoisotopic (exact) mass is 231 g/mol. The molecule has 1 fully saturated rings. The lowest BCUT2D eigenvalue weighted by Gasteiger charge is -2.38. The summed E-state index contributed by atoms with van der Waals surface area (Å²) in [6.45, 7) is 1.62. The molecule has 0 aromatic heterocycles. The fourth-order valence-corrected chi connectivity index (χ4v) is 2.06. The van der Waals surface area contributed by atoms with Crippen molar-refractivity contribution in [2.45, 2.75) is 6.23 Å². The predicted octanol–water partition coefficient (Wildman–Crippen LogP) is 1.24. The van der Waals surface area contributed by atoms with Gasteiger partial charge in [-0.15, -0.1) is 0 Å². The summed E-state index contributed by atoms with van der Waals surface area (Å²) in [4.78, 5) is 13.6. The Labute approximate surface area is 99.4 Å². The van der Waals surface area contributed by atoms with Crippen LogP contribution in [0.4, 0.5) is 0 Å². The molecule has 88 valence electrons. The van der Waals surface area contributed by atoms with Crippen LogP contribution in [0.3, 0.4) is 0 Å². The molecule has 2 aliphatic heterocycles. The van der Waals surface area contributed by atoms with Crippen LogP contribution in [0.25, 0.3) is 5.76 Å². The maximum Gasteiger partial charge on any atom is 0.253 e. The standard InChI is InChI=1S/C13H13NO3/c15-12-8-11(10-4-2-1-3-5-10)17-13-9-16-7-6-14(12)13/h1-5,8,13H,6-7,9H2. The van der Waals surface area contributed by atoms with E-state index in [1.807, 2.05) is 30.3 Å². The lowest BCUT2D eigenvalue weighted by molar-refractivity contribution is -0.155. The number of ether oxygens (including phenoxy) is 2. The zero-order valence-corrected chi connectivity index (χ0v) is 9.33. The van der Waals surface area contributed by atoms with Crippen molar-refractivity contribution in [2.24, 2.45) is 0 Å². The minimum Gasteiger partial charge on any atom is -0.467 e. The van der Waals surface area contributed by atoms with Gasteiger partial charge in [0.05, 0.1) is 6.61 Å². The van der Waals surface area contributed by atoms with Crippen molar-refractivity contribution in [1.82, 2.24) is 4.90 Å². The lowest BCUT2D eigenvalue weighted by Crippen LogP contribution is -2.51. The first-order valence-corrected chi connectivity index (χ1v) is 5.67. The molecule has 3 rings (SSSR count). The van der Waals surface area contributed by atoms with Crippen molar-refractivity contribution in [3.63, 3.8) is 0 Å². The number of hydrogen-bond donors (Lipinski definition) is 0. The van der Waals surface area contributed by atoms with Gasteiger partial charge in [0, 0.05) is 18.2 Å². The van der Waals surface area contributed by atoms with Crippen LogP contribution in [0.1, 0.15) is 5.56 Å². The molecule has 1 atom stereocenters. The maximum atomic E-state index is 11.9. The molecule has 1 saturated heterocycles. The van der Waals surface area contributed by atoms with Gasteiger partial charge >= 0.3 is 0 Å². The van der Waals surface area contributed by atoms with Gasteiger partial charge in [0.15, 0.2) is 6.23 Å². The molecule has 1 aromatic carbocycles. The predicted molar refractivity (Wildman–Crippen MR) is 61.8 cm³/mol. The molecule has 1 aromatic rings. The fourth-order valence-electron chi connectivity index (χ4n) is 2.06. The quantitative estimate of drug-likeness (QED) is 0.730.